The number of aromatic nitrogens is 2. The van der Waals surface area contributed by atoms with E-state index in [-0.39, 0.29) is 12.2 Å². The first-order valence-electron chi connectivity index (χ1n) is 13.4. The van der Waals surface area contributed by atoms with E-state index in [9.17, 15) is 19.0 Å². The van der Waals surface area contributed by atoms with Crippen molar-refractivity contribution in [1.82, 2.24) is 9.55 Å². The van der Waals surface area contributed by atoms with Gasteiger partial charge in [-0.2, -0.15) is 4.98 Å². The normalized spacial score (nSPS) is 18.8. The molecule has 0 saturated carbocycles. The molecule has 2 unspecified atom stereocenters. The van der Waals surface area contributed by atoms with Gasteiger partial charge in [0.2, 0.25) is 0 Å². The highest BCUT2D eigenvalue weighted by atomic mass is 31.1. The van der Waals surface area contributed by atoms with E-state index in [0.717, 1.165) is 19.3 Å². The maximum atomic E-state index is 12.3. The predicted molar refractivity (Wildman–Crippen MR) is 137 cm³/mol. The van der Waals surface area contributed by atoms with Crippen molar-refractivity contribution in [3.8, 4) is 0 Å². The molecule has 0 amide bonds. The summed E-state index contributed by atoms with van der Waals surface area (Å²) in [7, 11) is -3.00. The van der Waals surface area contributed by atoms with Gasteiger partial charge in [0.1, 0.15) is 18.1 Å². The highest BCUT2D eigenvalue weighted by Gasteiger charge is 2.41. The summed E-state index contributed by atoms with van der Waals surface area (Å²) in [5.74, 6) is -0.398. The van der Waals surface area contributed by atoms with Crippen LogP contribution in [0, 0.1) is 0 Å². The number of ether oxygens (including phenoxy) is 2. The third kappa shape index (κ3) is 11.9. The Balaban J connectivity index is 1.62. The number of anilines is 1. The molecule has 2 rings (SSSR count). The Morgan fingerprint density at radius 1 is 1.11 bits per heavy atom. The van der Waals surface area contributed by atoms with Crippen LogP contribution in [0.2, 0.25) is 0 Å². The molecule has 1 aromatic heterocycles. The Morgan fingerprint density at radius 3 is 2.25 bits per heavy atom. The van der Waals surface area contributed by atoms with Crippen molar-refractivity contribution >= 4 is 20.0 Å². The monoisotopic (exact) mass is 528 g/mol. The summed E-state index contributed by atoms with van der Waals surface area (Å²) < 4.78 is 28.6. The van der Waals surface area contributed by atoms with Gasteiger partial charge in [0.25, 0.3) is 6.29 Å². The van der Waals surface area contributed by atoms with Crippen molar-refractivity contribution < 1.29 is 28.3 Å². The molecule has 3 N–H and O–H groups in total. The largest absolute Gasteiger partial charge is 0.698 e. The van der Waals surface area contributed by atoms with Crippen LogP contribution in [0.3, 0.4) is 0 Å². The van der Waals surface area contributed by atoms with E-state index in [1.54, 1.807) is 0 Å². The van der Waals surface area contributed by atoms with Gasteiger partial charge in [0, 0.05) is 17.2 Å². The summed E-state index contributed by atoms with van der Waals surface area (Å²) in [6, 6.07) is 1.48. The van der Waals surface area contributed by atoms with Crippen LogP contribution in [-0.2, 0) is 23.4 Å². The average Bonchev–Trinajstić information content (AvgIpc) is 3.31. The average molecular weight is 529 g/mol. The number of rotatable bonds is 19. The highest BCUT2D eigenvalue weighted by Crippen LogP contribution is 2.33. The number of carbonyl (C=O) groups excluding carboxylic acids is 1. The Labute approximate surface area is 214 Å². The molecule has 4 atom stereocenters. The lowest BCUT2D eigenvalue weighted by Gasteiger charge is -2.20. The Bertz CT molecular complexity index is 851. The van der Waals surface area contributed by atoms with E-state index in [4.69, 9.17) is 19.7 Å². The molecule has 1 fully saturated rings. The van der Waals surface area contributed by atoms with E-state index in [2.05, 4.69) is 11.9 Å². The van der Waals surface area contributed by atoms with Crippen molar-refractivity contribution in [3.05, 3.63) is 22.7 Å². The van der Waals surface area contributed by atoms with E-state index in [1.165, 1.54) is 74.6 Å². The number of nitrogens with two attached hydrogens (primary N) is 1. The van der Waals surface area contributed by atoms with Gasteiger partial charge in [-0.25, -0.2) is 4.79 Å². The Hall–Kier alpha value is -1.87. The fraction of sp³-hybridized carbons (Fsp3) is 0.800. The minimum atomic E-state index is -3.00. The summed E-state index contributed by atoms with van der Waals surface area (Å²) in [5, 5.41) is 0. The summed E-state index contributed by atoms with van der Waals surface area (Å²) in [5.41, 5.74) is 4.95. The SMILES string of the molecule is CCCCCCCCCCCCCCCC(=O)OC(O[P+](=O)O)[C@@H]1CC[C@H](n2ccc(N)nc2=O)O1. The molecule has 0 spiro atoms. The highest BCUT2D eigenvalue weighted by molar-refractivity contribution is 7.32. The lowest BCUT2D eigenvalue weighted by atomic mass is 10.0. The molecule has 2 heterocycles. The number of nitrogens with zero attached hydrogens (tertiary/aromatic N) is 2. The third-order valence-corrected chi connectivity index (χ3v) is 6.81. The number of esters is 1. The first-order chi connectivity index (χ1) is 17.4. The first kappa shape index (κ1) is 30.4. The number of carbonyl (C=O) groups is 1. The van der Waals surface area contributed by atoms with E-state index in [0.29, 0.717) is 19.3 Å². The van der Waals surface area contributed by atoms with Gasteiger partial charge in [-0.05, 0) is 25.3 Å². The maximum absolute atomic E-state index is 12.3. The van der Waals surface area contributed by atoms with Gasteiger partial charge >= 0.3 is 19.9 Å². The van der Waals surface area contributed by atoms with E-state index < -0.39 is 38.5 Å². The van der Waals surface area contributed by atoms with Crippen molar-refractivity contribution in [3.63, 3.8) is 0 Å². The molecule has 0 aliphatic carbocycles. The number of hydrogen-bond donors (Lipinski definition) is 2. The maximum Gasteiger partial charge on any atom is 0.698 e. The van der Waals surface area contributed by atoms with Crippen LogP contribution in [0.4, 0.5) is 5.82 Å². The van der Waals surface area contributed by atoms with Crippen LogP contribution in [0.15, 0.2) is 17.1 Å². The summed E-state index contributed by atoms with van der Waals surface area (Å²) in [6.45, 7) is 2.24. The number of nitrogen functional groups attached to an aromatic ring is 1. The zero-order chi connectivity index (χ0) is 26.2. The summed E-state index contributed by atoms with van der Waals surface area (Å²) in [6.07, 6.45) is 15.4. The fourth-order valence-corrected chi connectivity index (χ4v) is 4.78. The molecule has 1 aliphatic rings. The quantitative estimate of drug-likeness (QED) is 0.103. The van der Waals surface area contributed by atoms with Gasteiger partial charge < -0.3 is 15.2 Å². The molecule has 1 aliphatic heterocycles. The molecule has 0 aromatic carbocycles. The molecule has 204 valence electrons. The minimum Gasteiger partial charge on any atom is -0.428 e. The molecular formula is C25H43N3O7P+. The van der Waals surface area contributed by atoms with Gasteiger partial charge in [-0.1, -0.05) is 88.5 Å². The second-order valence-corrected chi connectivity index (χ2v) is 10.1. The lowest BCUT2D eigenvalue weighted by Crippen LogP contribution is -2.33. The lowest BCUT2D eigenvalue weighted by molar-refractivity contribution is -0.188. The topological polar surface area (TPSA) is 143 Å². The van der Waals surface area contributed by atoms with Crippen LogP contribution in [0.25, 0.3) is 0 Å². The molecular weight excluding hydrogens is 485 g/mol. The summed E-state index contributed by atoms with van der Waals surface area (Å²) >= 11 is 0. The van der Waals surface area contributed by atoms with Gasteiger partial charge in [-0.15, -0.1) is 4.89 Å². The fourth-order valence-electron chi connectivity index (χ4n) is 4.42. The summed E-state index contributed by atoms with van der Waals surface area (Å²) in [4.78, 5) is 37.3. The molecule has 1 aromatic rings. The molecule has 0 radical (unpaired) electrons. The van der Waals surface area contributed by atoms with Gasteiger partial charge in [0.15, 0.2) is 0 Å². The zero-order valence-electron chi connectivity index (χ0n) is 21.5. The number of hydrogen-bond acceptors (Lipinski definition) is 8. The van der Waals surface area contributed by atoms with E-state index in [1.807, 2.05) is 0 Å². The van der Waals surface area contributed by atoms with Crippen molar-refractivity contribution in [2.24, 2.45) is 0 Å². The molecule has 1 saturated heterocycles. The van der Waals surface area contributed by atoms with Crippen molar-refractivity contribution in [2.75, 3.05) is 5.73 Å². The first-order valence-corrected chi connectivity index (χ1v) is 14.6. The minimum absolute atomic E-state index is 0.103. The van der Waals surface area contributed by atoms with Gasteiger partial charge in [-0.3, -0.25) is 9.36 Å². The van der Waals surface area contributed by atoms with Crippen LogP contribution in [-0.4, -0.2) is 32.8 Å². The molecule has 10 nitrogen and oxygen atoms in total. The molecule has 0 bridgehead atoms. The van der Waals surface area contributed by atoms with Crippen LogP contribution in [0.5, 0.6) is 0 Å². The van der Waals surface area contributed by atoms with Crippen molar-refractivity contribution in [1.29, 1.82) is 0 Å². The van der Waals surface area contributed by atoms with Gasteiger partial charge in [0.05, 0.1) is 0 Å². The second-order valence-electron chi connectivity index (χ2n) is 9.44. The van der Waals surface area contributed by atoms with Crippen LogP contribution in [0.1, 0.15) is 116 Å². The second kappa shape index (κ2) is 17.6. The third-order valence-electron chi connectivity index (χ3n) is 6.42. The Morgan fingerprint density at radius 2 is 1.69 bits per heavy atom. The van der Waals surface area contributed by atoms with Crippen molar-refractivity contribution in [2.45, 2.75) is 128 Å². The molecule has 11 heteroatoms. The zero-order valence-corrected chi connectivity index (χ0v) is 22.4. The Kier molecular flexibility index (Phi) is 14.8. The predicted octanol–water partition coefficient (Wildman–Crippen LogP) is 5.52. The van der Waals surface area contributed by atoms with Crippen LogP contribution >= 0.6 is 8.25 Å². The van der Waals surface area contributed by atoms with E-state index >= 15 is 0 Å². The number of unbranched alkanes of at least 4 members (excludes halogenated alkanes) is 12. The molecule has 36 heavy (non-hydrogen) atoms. The smallest absolute Gasteiger partial charge is 0.428 e. The van der Waals surface area contributed by atoms with Crippen LogP contribution < -0.4 is 11.4 Å². The standard InChI is InChI=1S/C25H42N3O7P/c1-2-3-4-5-6-7-8-9-10-11-12-13-14-15-23(29)34-24(35-36(31)32)20-16-17-22(33-20)28-19-18-21(26)27-25(28)30/h18-20,22,24H,2-17H2,1H3,(H2-,26,27,30,31,32)/p+1/t20-,22+,24?/m0/s1.